The SMILES string of the molecule is COC(=O)CC1(CSc2nn(C)cc2N)CC1. The fourth-order valence-electron chi connectivity index (χ4n) is 1.75. The minimum Gasteiger partial charge on any atom is -0.469 e. The molecule has 0 atom stereocenters. The van der Waals surface area contributed by atoms with Crippen LogP contribution in [0.15, 0.2) is 11.2 Å². The van der Waals surface area contributed by atoms with Gasteiger partial charge in [0, 0.05) is 19.0 Å². The van der Waals surface area contributed by atoms with Crippen LogP contribution in [0.2, 0.25) is 0 Å². The Morgan fingerprint density at radius 3 is 2.88 bits per heavy atom. The van der Waals surface area contributed by atoms with Gasteiger partial charge in [-0.3, -0.25) is 9.48 Å². The van der Waals surface area contributed by atoms with Crippen LogP contribution in [0.1, 0.15) is 19.3 Å². The van der Waals surface area contributed by atoms with Crippen molar-refractivity contribution in [1.29, 1.82) is 0 Å². The number of ether oxygens (including phenoxy) is 1. The third-order valence-corrected chi connectivity index (χ3v) is 4.39. The minimum absolute atomic E-state index is 0.113. The van der Waals surface area contributed by atoms with Crippen LogP contribution in [0, 0.1) is 5.41 Å². The Kier molecular flexibility index (Phi) is 3.33. The van der Waals surface area contributed by atoms with Crippen LogP contribution in [0.3, 0.4) is 0 Å². The highest BCUT2D eigenvalue weighted by Gasteiger charge is 2.44. The van der Waals surface area contributed by atoms with Gasteiger partial charge < -0.3 is 10.5 Å². The number of esters is 1. The lowest BCUT2D eigenvalue weighted by molar-refractivity contribution is -0.141. The number of nitrogens with two attached hydrogens (primary N) is 1. The molecular weight excluding hydrogens is 238 g/mol. The van der Waals surface area contributed by atoms with Crippen LogP contribution in [-0.2, 0) is 16.6 Å². The number of carbonyl (C=O) groups is 1. The Morgan fingerprint density at radius 2 is 2.41 bits per heavy atom. The number of methoxy groups -OCH3 is 1. The summed E-state index contributed by atoms with van der Waals surface area (Å²) in [4.78, 5) is 11.3. The number of nitrogens with zero attached hydrogens (tertiary/aromatic N) is 2. The minimum atomic E-state index is -0.128. The average Bonchev–Trinajstić information content (AvgIpc) is 2.96. The molecule has 0 radical (unpaired) electrons. The third-order valence-electron chi connectivity index (χ3n) is 3.04. The highest BCUT2D eigenvalue weighted by molar-refractivity contribution is 7.99. The summed E-state index contributed by atoms with van der Waals surface area (Å²) >= 11 is 1.63. The molecule has 1 saturated carbocycles. The van der Waals surface area contributed by atoms with Crippen molar-refractivity contribution < 1.29 is 9.53 Å². The molecule has 6 heteroatoms. The number of hydrogen-bond donors (Lipinski definition) is 1. The number of aromatic nitrogens is 2. The first-order chi connectivity index (χ1) is 8.04. The molecule has 0 unspecified atom stereocenters. The van der Waals surface area contributed by atoms with Gasteiger partial charge in [0.05, 0.1) is 19.2 Å². The number of thioether (sulfide) groups is 1. The number of rotatable bonds is 5. The van der Waals surface area contributed by atoms with Gasteiger partial charge in [0.15, 0.2) is 0 Å². The monoisotopic (exact) mass is 255 g/mol. The van der Waals surface area contributed by atoms with Gasteiger partial charge in [0.1, 0.15) is 5.03 Å². The molecule has 0 bridgehead atoms. The van der Waals surface area contributed by atoms with E-state index in [2.05, 4.69) is 5.10 Å². The molecule has 17 heavy (non-hydrogen) atoms. The fourth-order valence-corrected chi connectivity index (χ4v) is 2.99. The van der Waals surface area contributed by atoms with Crippen LogP contribution >= 0.6 is 11.8 Å². The normalized spacial score (nSPS) is 16.8. The van der Waals surface area contributed by atoms with Gasteiger partial charge in [-0.05, 0) is 18.3 Å². The van der Waals surface area contributed by atoms with Gasteiger partial charge >= 0.3 is 5.97 Å². The number of anilines is 1. The second-order valence-corrected chi connectivity index (χ2v) is 5.57. The zero-order valence-electron chi connectivity index (χ0n) is 10.1. The van der Waals surface area contributed by atoms with Crippen molar-refractivity contribution >= 4 is 23.4 Å². The van der Waals surface area contributed by atoms with Crippen molar-refractivity contribution in [2.45, 2.75) is 24.3 Å². The maximum Gasteiger partial charge on any atom is 0.306 e. The maximum absolute atomic E-state index is 11.3. The van der Waals surface area contributed by atoms with Gasteiger partial charge in [-0.25, -0.2) is 0 Å². The summed E-state index contributed by atoms with van der Waals surface area (Å²) in [6.45, 7) is 0. The Bertz CT molecular complexity index is 426. The third kappa shape index (κ3) is 2.94. The molecule has 94 valence electrons. The first-order valence-electron chi connectivity index (χ1n) is 5.53. The Hall–Kier alpha value is -1.17. The highest BCUT2D eigenvalue weighted by Crippen LogP contribution is 2.52. The number of carbonyl (C=O) groups excluding carboxylic acids is 1. The van der Waals surface area contributed by atoms with E-state index in [1.54, 1.807) is 22.6 Å². The van der Waals surface area contributed by atoms with Crippen molar-refractivity contribution in [3.8, 4) is 0 Å². The average molecular weight is 255 g/mol. The van der Waals surface area contributed by atoms with E-state index in [1.807, 2.05) is 7.05 Å². The van der Waals surface area contributed by atoms with E-state index in [1.165, 1.54) is 7.11 Å². The standard InChI is InChI=1S/C11H17N3O2S/c1-14-6-8(12)10(13-14)17-7-11(3-4-11)5-9(15)16-2/h6H,3-5,7,12H2,1-2H3. The molecular formula is C11H17N3O2S. The van der Waals surface area contributed by atoms with Gasteiger partial charge in [-0.2, -0.15) is 5.10 Å². The Balaban J connectivity index is 1.90. The molecule has 1 aliphatic carbocycles. The molecule has 0 aliphatic heterocycles. The van der Waals surface area contributed by atoms with Crippen molar-refractivity contribution in [1.82, 2.24) is 9.78 Å². The molecule has 0 spiro atoms. The van der Waals surface area contributed by atoms with E-state index in [0.717, 1.165) is 23.6 Å². The van der Waals surface area contributed by atoms with Crippen LogP contribution in [0.4, 0.5) is 5.69 Å². The summed E-state index contributed by atoms with van der Waals surface area (Å²) in [5, 5.41) is 5.13. The molecule has 0 aromatic carbocycles. The molecule has 1 aliphatic rings. The summed E-state index contributed by atoms with van der Waals surface area (Å²) in [6.07, 6.45) is 4.47. The fraction of sp³-hybridized carbons (Fsp3) is 0.636. The van der Waals surface area contributed by atoms with E-state index in [-0.39, 0.29) is 11.4 Å². The smallest absolute Gasteiger partial charge is 0.306 e. The summed E-state index contributed by atoms with van der Waals surface area (Å²) in [6, 6.07) is 0. The predicted octanol–water partition coefficient (Wildman–Crippen LogP) is 1.44. The quantitative estimate of drug-likeness (QED) is 0.637. The summed E-state index contributed by atoms with van der Waals surface area (Å²) < 4.78 is 6.42. The van der Waals surface area contributed by atoms with Crippen molar-refractivity contribution in [3.63, 3.8) is 0 Å². The second-order valence-electron chi connectivity index (χ2n) is 4.60. The Morgan fingerprint density at radius 1 is 1.71 bits per heavy atom. The van der Waals surface area contributed by atoms with E-state index in [0.29, 0.717) is 12.1 Å². The van der Waals surface area contributed by atoms with Crippen LogP contribution in [0.5, 0.6) is 0 Å². The van der Waals surface area contributed by atoms with Gasteiger partial charge in [0.25, 0.3) is 0 Å². The molecule has 1 aromatic rings. The van der Waals surface area contributed by atoms with E-state index in [9.17, 15) is 4.79 Å². The van der Waals surface area contributed by atoms with Gasteiger partial charge in [0.2, 0.25) is 0 Å². The first kappa shape index (κ1) is 12.3. The summed E-state index contributed by atoms with van der Waals surface area (Å²) in [5.74, 6) is 0.751. The van der Waals surface area contributed by atoms with Crippen molar-refractivity contribution in [2.75, 3.05) is 18.6 Å². The molecule has 0 saturated heterocycles. The van der Waals surface area contributed by atoms with E-state index >= 15 is 0 Å². The molecule has 1 aromatic heterocycles. The predicted molar refractivity (Wildman–Crippen MR) is 66.6 cm³/mol. The first-order valence-corrected chi connectivity index (χ1v) is 6.52. The Labute approximate surface area is 105 Å². The number of aryl methyl sites for hydroxylation is 1. The van der Waals surface area contributed by atoms with Crippen LogP contribution < -0.4 is 5.73 Å². The van der Waals surface area contributed by atoms with Crippen molar-refractivity contribution in [3.05, 3.63) is 6.20 Å². The van der Waals surface area contributed by atoms with E-state index in [4.69, 9.17) is 10.5 Å². The summed E-state index contributed by atoms with van der Waals surface area (Å²) in [7, 11) is 3.28. The maximum atomic E-state index is 11.3. The molecule has 1 heterocycles. The highest BCUT2D eigenvalue weighted by atomic mass is 32.2. The lowest BCUT2D eigenvalue weighted by Crippen LogP contribution is -2.13. The molecule has 1 fully saturated rings. The topological polar surface area (TPSA) is 70.1 Å². The number of nitrogen functional groups attached to an aromatic ring is 1. The largest absolute Gasteiger partial charge is 0.469 e. The van der Waals surface area contributed by atoms with Crippen molar-refractivity contribution in [2.24, 2.45) is 12.5 Å². The van der Waals surface area contributed by atoms with E-state index < -0.39 is 0 Å². The zero-order chi connectivity index (χ0) is 12.5. The van der Waals surface area contributed by atoms with Crippen LogP contribution in [-0.4, -0.2) is 28.6 Å². The molecule has 2 rings (SSSR count). The molecule has 5 nitrogen and oxygen atoms in total. The van der Waals surface area contributed by atoms with Crippen LogP contribution in [0.25, 0.3) is 0 Å². The number of hydrogen-bond acceptors (Lipinski definition) is 5. The summed E-state index contributed by atoms with van der Waals surface area (Å²) in [5.41, 5.74) is 6.64. The van der Waals surface area contributed by atoms with Gasteiger partial charge in [-0.1, -0.05) is 0 Å². The lowest BCUT2D eigenvalue weighted by Gasteiger charge is -2.11. The second kappa shape index (κ2) is 4.60. The molecule has 2 N–H and O–H groups in total. The molecule has 0 amide bonds. The zero-order valence-corrected chi connectivity index (χ0v) is 10.9. The lowest BCUT2D eigenvalue weighted by atomic mass is 10.1. The van der Waals surface area contributed by atoms with Gasteiger partial charge in [-0.15, -0.1) is 11.8 Å².